The van der Waals surface area contributed by atoms with Crippen molar-refractivity contribution in [2.45, 2.75) is 31.6 Å². The van der Waals surface area contributed by atoms with Gasteiger partial charge in [0.2, 0.25) is 0 Å². The number of nitrogens with zero attached hydrogens (tertiary/aromatic N) is 1. The zero-order valence-corrected chi connectivity index (χ0v) is 12.5. The number of pyridine rings is 1. The summed E-state index contributed by atoms with van der Waals surface area (Å²) in [5.74, 6) is -0.456. The van der Waals surface area contributed by atoms with E-state index in [1.807, 2.05) is 28.8 Å². The van der Waals surface area contributed by atoms with E-state index in [1.165, 1.54) is 5.56 Å². The van der Waals surface area contributed by atoms with Gasteiger partial charge in [-0.25, -0.2) is 0 Å². The number of benzene rings is 1. The van der Waals surface area contributed by atoms with Crippen LogP contribution in [0, 0.1) is 0 Å². The molecule has 1 saturated heterocycles. The Balaban J connectivity index is 1.70. The Morgan fingerprint density at radius 2 is 1.82 bits per heavy atom. The SMILES string of the molecule is O=c1ccc2c(n1Cc1ccccc1)CCC1(C2)OCCO1. The lowest BCUT2D eigenvalue weighted by molar-refractivity contribution is -0.164. The maximum absolute atomic E-state index is 12.3. The van der Waals surface area contributed by atoms with Crippen LogP contribution in [0.25, 0.3) is 0 Å². The number of ether oxygens (including phenoxy) is 2. The molecule has 1 aromatic carbocycles. The van der Waals surface area contributed by atoms with Crippen molar-refractivity contribution in [1.29, 1.82) is 0 Å². The average molecular weight is 297 g/mol. The zero-order valence-electron chi connectivity index (χ0n) is 12.5. The number of rotatable bonds is 2. The van der Waals surface area contributed by atoms with Crippen LogP contribution >= 0.6 is 0 Å². The summed E-state index contributed by atoms with van der Waals surface area (Å²) >= 11 is 0. The molecule has 0 atom stereocenters. The van der Waals surface area contributed by atoms with Crippen molar-refractivity contribution in [2.24, 2.45) is 0 Å². The van der Waals surface area contributed by atoms with Gasteiger partial charge in [-0.05, 0) is 17.5 Å². The molecule has 4 heteroatoms. The van der Waals surface area contributed by atoms with Crippen LogP contribution in [0.15, 0.2) is 47.3 Å². The molecule has 4 nitrogen and oxygen atoms in total. The molecule has 0 saturated carbocycles. The van der Waals surface area contributed by atoms with E-state index >= 15 is 0 Å². The van der Waals surface area contributed by atoms with Gasteiger partial charge in [-0.1, -0.05) is 36.4 Å². The summed E-state index contributed by atoms with van der Waals surface area (Å²) in [5, 5.41) is 0. The Kier molecular flexibility index (Phi) is 3.36. The van der Waals surface area contributed by atoms with E-state index in [2.05, 4.69) is 12.1 Å². The van der Waals surface area contributed by atoms with Crippen LogP contribution < -0.4 is 5.56 Å². The fourth-order valence-electron chi connectivity index (χ4n) is 3.49. The first-order chi connectivity index (χ1) is 10.8. The first-order valence-electron chi connectivity index (χ1n) is 7.79. The highest BCUT2D eigenvalue weighted by molar-refractivity contribution is 5.28. The Hall–Kier alpha value is -1.91. The molecular weight excluding hydrogens is 278 g/mol. The van der Waals surface area contributed by atoms with Crippen LogP contribution in [0.5, 0.6) is 0 Å². The number of hydrogen-bond acceptors (Lipinski definition) is 3. The van der Waals surface area contributed by atoms with Gasteiger partial charge in [0.05, 0.1) is 19.8 Å². The number of fused-ring (bicyclic) bond motifs is 1. The van der Waals surface area contributed by atoms with Crippen molar-refractivity contribution < 1.29 is 9.47 Å². The van der Waals surface area contributed by atoms with E-state index in [0.29, 0.717) is 19.8 Å². The summed E-state index contributed by atoms with van der Waals surface area (Å²) in [6, 6.07) is 13.7. The van der Waals surface area contributed by atoms with Gasteiger partial charge in [-0.2, -0.15) is 0 Å². The van der Waals surface area contributed by atoms with Crippen molar-refractivity contribution in [3.05, 3.63) is 69.6 Å². The molecule has 0 radical (unpaired) electrons. The maximum Gasteiger partial charge on any atom is 0.251 e. The Bertz CT molecular complexity index is 730. The minimum Gasteiger partial charge on any atom is -0.347 e. The molecule has 1 spiro atoms. The molecule has 0 bridgehead atoms. The first-order valence-corrected chi connectivity index (χ1v) is 7.79. The quantitative estimate of drug-likeness (QED) is 0.852. The zero-order chi connectivity index (χ0) is 15.0. The molecule has 1 aliphatic heterocycles. The summed E-state index contributed by atoms with van der Waals surface area (Å²) in [4.78, 5) is 12.3. The highest BCUT2D eigenvalue weighted by Gasteiger charge is 2.40. The number of aromatic nitrogens is 1. The third-order valence-corrected chi connectivity index (χ3v) is 4.59. The van der Waals surface area contributed by atoms with Crippen molar-refractivity contribution in [2.75, 3.05) is 13.2 Å². The fourth-order valence-corrected chi connectivity index (χ4v) is 3.49. The van der Waals surface area contributed by atoms with Crippen LogP contribution in [0.4, 0.5) is 0 Å². The molecule has 22 heavy (non-hydrogen) atoms. The van der Waals surface area contributed by atoms with Gasteiger partial charge >= 0.3 is 0 Å². The monoisotopic (exact) mass is 297 g/mol. The summed E-state index contributed by atoms with van der Waals surface area (Å²) in [7, 11) is 0. The summed E-state index contributed by atoms with van der Waals surface area (Å²) < 4.78 is 13.5. The average Bonchev–Trinajstić information content (AvgIpc) is 2.99. The van der Waals surface area contributed by atoms with Gasteiger partial charge in [0.15, 0.2) is 5.79 Å². The summed E-state index contributed by atoms with van der Waals surface area (Å²) in [5.41, 5.74) is 3.50. The number of hydrogen-bond donors (Lipinski definition) is 0. The van der Waals surface area contributed by atoms with Gasteiger partial charge in [0.25, 0.3) is 5.56 Å². The van der Waals surface area contributed by atoms with E-state index in [0.717, 1.165) is 30.5 Å². The van der Waals surface area contributed by atoms with Crippen molar-refractivity contribution in [3.63, 3.8) is 0 Å². The van der Waals surface area contributed by atoms with Gasteiger partial charge < -0.3 is 14.0 Å². The van der Waals surface area contributed by atoms with E-state index in [4.69, 9.17) is 9.47 Å². The predicted octanol–water partition coefficient (Wildman–Crippen LogP) is 2.13. The van der Waals surface area contributed by atoms with Crippen molar-refractivity contribution in [3.8, 4) is 0 Å². The van der Waals surface area contributed by atoms with Crippen molar-refractivity contribution in [1.82, 2.24) is 4.57 Å². The van der Waals surface area contributed by atoms with E-state index < -0.39 is 5.79 Å². The first kappa shape index (κ1) is 13.7. The largest absolute Gasteiger partial charge is 0.347 e. The third-order valence-electron chi connectivity index (χ3n) is 4.59. The molecule has 2 aromatic rings. The predicted molar refractivity (Wildman–Crippen MR) is 82.9 cm³/mol. The second-order valence-corrected chi connectivity index (χ2v) is 6.00. The van der Waals surface area contributed by atoms with E-state index in [-0.39, 0.29) is 5.56 Å². The third kappa shape index (κ3) is 2.38. The highest BCUT2D eigenvalue weighted by Crippen LogP contribution is 2.34. The lowest BCUT2D eigenvalue weighted by atomic mass is 9.90. The lowest BCUT2D eigenvalue weighted by Crippen LogP contribution is -2.39. The van der Waals surface area contributed by atoms with Crippen LogP contribution in [0.3, 0.4) is 0 Å². The second-order valence-electron chi connectivity index (χ2n) is 6.00. The molecule has 2 heterocycles. The Labute approximate surface area is 129 Å². The molecule has 0 N–H and O–H groups in total. The van der Waals surface area contributed by atoms with Gasteiger partial charge in [-0.3, -0.25) is 4.79 Å². The van der Waals surface area contributed by atoms with E-state index in [1.54, 1.807) is 6.07 Å². The minimum atomic E-state index is -0.456. The van der Waals surface area contributed by atoms with E-state index in [9.17, 15) is 4.79 Å². The highest BCUT2D eigenvalue weighted by atomic mass is 16.7. The van der Waals surface area contributed by atoms with Gasteiger partial charge in [0, 0.05) is 24.6 Å². The molecule has 1 aliphatic carbocycles. The molecular formula is C18H19NO3. The van der Waals surface area contributed by atoms with Crippen LogP contribution in [0.2, 0.25) is 0 Å². The van der Waals surface area contributed by atoms with Crippen molar-refractivity contribution >= 4 is 0 Å². The van der Waals surface area contributed by atoms with Crippen LogP contribution in [-0.4, -0.2) is 23.6 Å². The molecule has 0 unspecified atom stereocenters. The normalized spacial score (nSPS) is 19.3. The van der Waals surface area contributed by atoms with Crippen LogP contribution in [-0.2, 0) is 28.9 Å². The topological polar surface area (TPSA) is 40.5 Å². The molecule has 1 aromatic heterocycles. The van der Waals surface area contributed by atoms with Gasteiger partial charge in [-0.15, -0.1) is 0 Å². The maximum atomic E-state index is 12.3. The molecule has 4 rings (SSSR count). The lowest BCUT2D eigenvalue weighted by Gasteiger charge is -2.33. The summed E-state index contributed by atoms with van der Waals surface area (Å²) in [6.07, 6.45) is 2.37. The standard InChI is InChI=1S/C18H19NO3/c20-17-7-6-15-12-18(21-10-11-22-18)9-8-16(15)19(17)13-14-4-2-1-3-5-14/h1-7H,8-13H2. The Morgan fingerprint density at radius 1 is 1.05 bits per heavy atom. The Morgan fingerprint density at radius 3 is 2.59 bits per heavy atom. The second kappa shape index (κ2) is 5.38. The fraction of sp³-hybridized carbons (Fsp3) is 0.389. The summed E-state index contributed by atoms with van der Waals surface area (Å²) in [6.45, 7) is 1.95. The van der Waals surface area contributed by atoms with Gasteiger partial charge in [0.1, 0.15) is 0 Å². The smallest absolute Gasteiger partial charge is 0.251 e. The molecule has 1 fully saturated rings. The van der Waals surface area contributed by atoms with Crippen LogP contribution in [0.1, 0.15) is 23.2 Å². The molecule has 0 amide bonds. The molecule has 114 valence electrons. The molecule has 2 aliphatic rings. The minimum absolute atomic E-state index is 0.0619.